The maximum atomic E-state index is 5.47. The van der Waals surface area contributed by atoms with Gasteiger partial charge in [0.15, 0.2) is 0 Å². The van der Waals surface area contributed by atoms with Crippen molar-refractivity contribution in [2.24, 2.45) is 0 Å². The Hall–Kier alpha value is -1.06. The Morgan fingerprint density at radius 3 is 2.95 bits per heavy atom. The molecule has 1 aromatic carbocycles. The summed E-state index contributed by atoms with van der Waals surface area (Å²) in [6, 6.07) is 6.77. The number of methoxy groups -OCH3 is 1. The molecule has 1 aliphatic rings. The van der Waals surface area contributed by atoms with Crippen LogP contribution in [0.1, 0.15) is 30.9 Å². The van der Waals surface area contributed by atoms with Crippen LogP contribution in [0.4, 0.5) is 5.69 Å². The zero-order chi connectivity index (χ0) is 13.7. The lowest BCUT2D eigenvalue weighted by molar-refractivity contribution is 0.121. The second-order valence-corrected chi connectivity index (χ2v) is 5.40. The molecule has 3 heteroatoms. The molecular weight excluding hydrogens is 236 g/mol. The predicted octanol–water partition coefficient (Wildman–Crippen LogP) is 2.72. The summed E-state index contributed by atoms with van der Waals surface area (Å²) in [4.78, 5) is 2.45. The van der Waals surface area contributed by atoms with Crippen molar-refractivity contribution in [3.8, 4) is 0 Å². The van der Waals surface area contributed by atoms with E-state index < -0.39 is 0 Å². The molecule has 1 unspecified atom stereocenters. The lowest BCUT2D eigenvalue weighted by Crippen LogP contribution is -2.24. The Morgan fingerprint density at radius 1 is 1.42 bits per heavy atom. The number of hydrogen-bond acceptors (Lipinski definition) is 3. The average Bonchev–Trinajstić information content (AvgIpc) is 2.88. The minimum atomic E-state index is 0.387. The number of nitrogens with zero attached hydrogens (tertiary/aromatic N) is 1. The topological polar surface area (TPSA) is 24.5 Å². The van der Waals surface area contributed by atoms with Crippen molar-refractivity contribution >= 4 is 5.69 Å². The van der Waals surface area contributed by atoms with Crippen molar-refractivity contribution in [1.82, 2.24) is 5.32 Å². The summed E-state index contributed by atoms with van der Waals surface area (Å²) in [7, 11) is 1.81. The van der Waals surface area contributed by atoms with Crippen LogP contribution in [0.2, 0.25) is 0 Å². The van der Waals surface area contributed by atoms with Crippen LogP contribution in [0.15, 0.2) is 18.2 Å². The summed E-state index contributed by atoms with van der Waals surface area (Å²) in [6.07, 6.45) is 2.70. The molecule has 1 aromatic rings. The van der Waals surface area contributed by atoms with Crippen LogP contribution in [0, 0.1) is 6.92 Å². The molecule has 1 heterocycles. The van der Waals surface area contributed by atoms with Gasteiger partial charge in [-0.1, -0.05) is 24.6 Å². The van der Waals surface area contributed by atoms with Gasteiger partial charge in [0.1, 0.15) is 0 Å². The third-order valence-electron chi connectivity index (χ3n) is 3.80. The second-order valence-electron chi connectivity index (χ2n) is 5.40. The summed E-state index contributed by atoms with van der Waals surface area (Å²) >= 11 is 0. The molecule has 0 aromatic heterocycles. The smallest absolute Gasteiger partial charge is 0.0762 e. The van der Waals surface area contributed by atoms with E-state index in [1.807, 2.05) is 7.11 Å². The summed E-state index contributed by atoms with van der Waals surface area (Å²) < 4.78 is 5.47. The van der Waals surface area contributed by atoms with Crippen LogP contribution in [0.3, 0.4) is 0 Å². The minimum Gasteiger partial charge on any atom is -0.380 e. The Kier molecular flexibility index (Phi) is 5.23. The highest BCUT2D eigenvalue weighted by Crippen LogP contribution is 2.26. The zero-order valence-electron chi connectivity index (χ0n) is 12.4. The second kappa shape index (κ2) is 6.92. The Labute approximate surface area is 116 Å². The third kappa shape index (κ3) is 3.71. The van der Waals surface area contributed by atoms with Crippen LogP contribution in [0.5, 0.6) is 0 Å². The molecule has 0 bridgehead atoms. The molecular formula is C16H26N2O. The van der Waals surface area contributed by atoms with Crippen molar-refractivity contribution in [1.29, 1.82) is 0 Å². The van der Waals surface area contributed by atoms with Crippen LogP contribution < -0.4 is 10.2 Å². The summed E-state index contributed by atoms with van der Waals surface area (Å²) in [6.45, 7) is 8.51. The minimum absolute atomic E-state index is 0.387. The van der Waals surface area contributed by atoms with Crippen molar-refractivity contribution < 1.29 is 4.74 Å². The quantitative estimate of drug-likeness (QED) is 0.798. The molecule has 1 saturated heterocycles. The number of ether oxygens (including phenoxy) is 1. The molecule has 1 N–H and O–H groups in total. The molecule has 2 rings (SSSR count). The lowest BCUT2D eigenvalue weighted by Gasteiger charge is -2.22. The number of anilines is 1. The van der Waals surface area contributed by atoms with E-state index in [-0.39, 0.29) is 0 Å². The number of aryl methyl sites for hydroxylation is 1. The highest BCUT2D eigenvalue weighted by Gasteiger charge is 2.23. The Balaban J connectivity index is 2.10. The molecule has 1 atom stereocenters. The standard InChI is InChI=1S/C16H26N2O/c1-4-8-17-11-14-10-13(2)5-6-16(14)18-9-7-15(12-18)19-3/h5-6,10,15,17H,4,7-9,11-12H2,1-3H3. The van der Waals surface area contributed by atoms with E-state index in [0.717, 1.165) is 32.6 Å². The van der Waals surface area contributed by atoms with Gasteiger partial charge in [-0.05, 0) is 37.9 Å². The monoisotopic (exact) mass is 262 g/mol. The third-order valence-corrected chi connectivity index (χ3v) is 3.80. The van der Waals surface area contributed by atoms with Gasteiger partial charge in [-0.3, -0.25) is 0 Å². The van der Waals surface area contributed by atoms with Gasteiger partial charge >= 0.3 is 0 Å². The zero-order valence-corrected chi connectivity index (χ0v) is 12.4. The van der Waals surface area contributed by atoms with Gasteiger partial charge in [-0.15, -0.1) is 0 Å². The number of nitrogens with one attached hydrogen (secondary N) is 1. The highest BCUT2D eigenvalue weighted by molar-refractivity contribution is 5.55. The van der Waals surface area contributed by atoms with Gasteiger partial charge in [-0.2, -0.15) is 0 Å². The summed E-state index contributed by atoms with van der Waals surface area (Å²) in [5.74, 6) is 0. The molecule has 1 aliphatic heterocycles. The van der Waals surface area contributed by atoms with Crippen molar-refractivity contribution in [2.45, 2.75) is 39.3 Å². The normalized spacial score (nSPS) is 19.1. The summed E-state index contributed by atoms with van der Waals surface area (Å²) in [5, 5.41) is 3.51. The first-order valence-corrected chi connectivity index (χ1v) is 7.32. The first kappa shape index (κ1) is 14.4. The largest absolute Gasteiger partial charge is 0.380 e. The Bertz CT molecular complexity index is 406. The molecule has 3 nitrogen and oxygen atoms in total. The van der Waals surface area contributed by atoms with E-state index in [9.17, 15) is 0 Å². The molecule has 0 aliphatic carbocycles. The van der Waals surface area contributed by atoms with Gasteiger partial charge in [0.05, 0.1) is 6.10 Å². The maximum absolute atomic E-state index is 5.47. The molecule has 106 valence electrons. The van der Waals surface area contributed by atoms with Gasteiger partial charge in [0, 0.05) is 32.4 Å². The van der Waals surface area contributed by atoms with E-state index in [1.54, 1.807) is 0 Å². The van der Waals surface area contributed by atoms with Gasteiger partial charge in [0.25, 0.3) is 0 Å². The fourth-order valence-electron chi connectivity index (χ4n) is 2.70. The van der Waals surface area contributed by atoms with Gasteiger partial charge in [0.2, 0.25) is 0 Å². The van der Waals surface area contributed by atoms with Crippen molar-refractivity contribution in [3.05, 3.63) is 29.3 Å². The predicted molar refractivity (Wildman–Crippen MR) is 80.8 cm³/mol. The van der Waals surface area contributed by atoms with Gasteiger partial charge < -0.3 is 15.0 Å². The lowest BCUT2D eigenvalue weighted by atomic mass is 10.1. The number of rotatable bonds is 6. The first-order valence-electron chi connectivity index (χ1n) is 7.32. The molecule has 0 radical (unpaired) electrons. The van der Waals surface area contributed by atoms with Crippen molar-refractivity contribution in [3.63, 3.8) is 0 Å². The van der Waals surface area contributed by atoms with Crippen LogP contribution in [-0.4, -0.2) is 32.8 Å². The SMILES string of the molecule is CCCNCc1cc(C)ccc1N1CCC(OC)C1. The average molecular weight is 262 g/mol. The highest BCUT2D eigenvalue weighted by atomic mass is 16.5. The number of benzene rings is 1. The van der Waals surface area contributed by atoms with Crippen LogP contribution in [0.25, 0.3) is 0 Å². The van der Waals surface area contributed by atoms with E-state index in [1.165, 1.54) is 23.2 Å². The summed E-state index contributed by atoms with van der Waals surface area (Å²) in [5.41, 5.74) is 4.11. The van der Waals surface area contributed by atoms with E-state index in [4.69, 9.17) is 4.74 Å². The Morgan fingerprint density at radius 2 is 2.26 bits per heavy atom. The molecule has 0 spiro atoms. The van der Waals surface area contributed by atoms with E-state index in [2.05, 4.69) is 42.3 Å². The molecule has 0 saturated carbocycles. The maximum Gasteiger partial charge on any atom is 0.0762 e. The van der Waals surface area contributed by atoms with Gasteiger partial charge in [-0.25, -0.2) is 0 Å². The fourth-order valence-corrected chi connectivity index (χ4v) is 2.70. The van der Waals surface area contributed by atoms with Crippen molar-refractivity contribution in [2.75, 3.05) is 31.6 Å². The molecule has 0 amide bonds. The molecule has 19 heavy (non-hydrogen) atoms. The number of hydrogen-bond donors (Lipinski definition) is 1. The molecule has 1 fully saturated rings. The van der Waals surface area contributed by atoms with E-state index >= 15 is 0 Å². The van der Waals surface area contributed by atoms with Crippen LogP contribution >= 0.6 is 0 Å². The first-order chi connectivity index (χ1) is 9.24. The van der Waals surface area contributed by atoms with E-state index in [0.29, 0.717) is 6.10 Å². The fraction of sp³-hybridized carbons (Fsp3) is 0.625. The van der Waals surface area contributed by atoms with Crippen LogP contribution in [-0.2, 0) is 11.3 Å².